The summed E-state index contributed by atoms with van der Waals surface area (Å²) in [6.07, 6.45) is 7.08. The van der Waals surface area contributed by atoms with Crippen LogP contribution in [0.15, 0.2) is 0 Å². The molecule has 120 valence electrons. The average Bonchev–Trinajstić information content (AvgIpc) is 3.46. The molecule has 21 heavy (non-hydrogen) atoms. The van der Waals surface area contributed by atoms with E-state index >= 15 is 0 Å². The Kier molecular flexibility index (Phi) is 4.49. The van der Waals surface area contributed by atoms with Crippen LogP contribution in [0.3, 0.4) is 0 Å². The molecule has 2 atom stereocenters. The molecule has 2 saturated carbocycles. The second kappa shape index (κ2) is 6.53. The molecule has 0 bridgehead atoms. The molecule has 4 fully saturated rings. The zero-order valence-corrected chi connectivity index (χ0v) is 13.1. The van der Waals surface area contributed by atoms with E-state index in [2.05, 4.69) is 10.2 Å². The fraction of sp³-hybridized carbons (Fsp3) is 1.00. The maximum atomic E-state index is 5.67. The summed E-state index contributed by atoms with van der Waals surface area (Å²) in [5.41, 5.74) is 0. The molecular formula is C17H30N2O2. The van der Waals surface area contributed by atoms with E-state index in [-0.39, 0.29) is 0 Å². The lowest BCUT2D eigenvalue weighted by molar-refractivity contribution is 0.000467. The van der Waals surface area contributed by atoms with Crippen molar-refractivity contribution in [3.05, 3.63) is 0 Å². The van der Waals surface area contributed by atoms with Gasteiger partial charge in [0.1, 0.15) is 0 Å². The van der Waals surface area contributed by atoms with Gasteiger partial charge < -0.3 is 14.8 Å². The summed E-state index contributed by atoms with van der Waals surface area (Å²) in [7, 11) is 0. The molecule has 1 N–H and O–H groups in total. The number of ether oxygens (including phenoxy) is 2. The molecule has 0 spiro atoms. The summed E-state index contributed by atoms with van der Waals surface area (Å²) in [5.74, 6) is 2.69. The Labute approximate surface area is 128 Å². The Balaban J connectivity index is 1.36. The van der Waals surface area contributed by atoms with Crippen molar-refractivity contribution in [1.29, 1.82) is 0 Å². The van der Waals surface area contributed by atoms with E-state index in [0.29, 0.717) is 6.04 Å². The van der Waals surface area contributed by atoms with Gasteiger partial charge in [-0.2, -0.15) is 0 Å². The summed E-state index contributed by atoms with van der Waals surface area (Å²) in [5, 5.41) is 3.98. The molecule has 2 heterocycles. The Morgan fingerprint density at radius 1 is 0.857 bits per heavy atom. The molecular weight excluding hydrogens is 264 g/mol. The van der Waals surface area contributed by atoms with Crippen molar-refractivity contribution < 1.29 is 9.47 Å². The minimum absolute atomic E-state index is 0.649. The smallest absolute Gasteiger partial charge is 0.0594 e. The minimum Gasteiger partial charge on any atom is -0.381 e. The van der Waals surface area contributed by atoms with Crippen LogP contribution in [0, 0.1) is 17.8 Å². The van der Waals surface area contributed by atoms with Crippen molar-refractivity contribution >= 4 is 0 Å². The molecule has 0 amide bonds. The number of hydrogen-bond donors (Lipinski definition) is 1. The first kappa shape index (κ1) is 14.4. The lowest BCUT2D eigenvalue weighted by atomic mass is 9.96. The summed E-state index contributed by atoms with van der Waals surface area (Å²) >= 11 is 0. The number of nitrogens with zero attached hydrogens (tertiary/aromatic N) is 1. The lowest BCUT2D eigenvalue weighted by Gasteiger charge is -2.38. The van der Waals surface area contributed by atoms with Crippen molar-refractivity contribution in [2.75, 3.05) is 46.1 Å². The first-order valence-corrected chi connectivity index (χ1v) is 9.05. The fourth-order valence-corrected chi connectivity index (χ4v) is 4.24. The first-order chi connectivity index (χ1) is 10.4. The predicted octanol–water partition coefficient (Wildman–Crippen LogP) is 1.50. The molecule has 2 aliphatic heterocycles. The Bertz CT molecular complexity index is 320. The van der Waals surface area contributed by atoms with Crippen LogP contribution in [0.25, 0.3) is 0 Å². The summed E-state index contributed by atoms with van der Waals surface area (Å²) in [6, 6.07) is 1.47. The van der Waals surface area contributed by atoms with E-state index in [0.717, 1.165) is 69.9 Å². The van der Waals surface area contributed by atoms with Gasteiger partial charge in [-0.05, 0) is 43.9 Å². The van der Waals surface area contributed by atoms with Crippen LogP contribution in [0.1, 0.15) is 32.1 Å². The summed E-state index contributed by atoms with van der Waals surface area (Å²) < 4.78 is 11.2. The van der Waals surface area contributed by atoms with Crippen molar-refractivity contribution in [1.82, 2.24) is 10.2 Å². The van der Waals surface area contributed by atoms with Gasteiger partial charge in [-0.3, -0.25) is 4.90 Å². The molecule has 0 aromatic heterocycles. The third-order valence-electron chi connectivity index (χ3n) is 5.85. The van der Waals surface area contributed by atoms with Gasteiger partial charge in [0, 0.05) is 44.2 Å². The van der Waals surface area contributed by atoms with Gasteiger partial charge in [0.15, 0.2) is 0 Å². The minimum atomic E-state index is 0.649. The number of morpholine rings is 1. The Hall–Kier alpha value is -0.160. The Morgan fingerprint density at radius 3 is 2.14 bits per heavy atom. The highest BCUT2D eigenvalue weighted by atomic mass is 16.5. The van der Waals surface area contributed by atoms with Gasteiger partial charge in [0.25, 0.3) is 0 Å². The molecule has 4 nitrogen and oxygen atoms in total. The van der Waals surface area contributed by atoms with Crippen LogP contribution < -0.4 is 5.32 Å². The van der Waals surface area contributed by atoms with E-state index in [1.54, 1.807) is 0 Å². The van der Waals surface area contributed by atoms with E-state index in [1.165, 1.54) is 32.1 Å². The van der Waals surface area contributed by atoms with E-state index in [4.69, 9.17) is 9.47 Å². The molecule has 2 aliphatic carbocycles. The molecule has 2 saturated heterocycles. The second-order valence-electron chi connectivity index (χ2n) is 7.45. The van der Waals surface area contributed by atoms with Crippen LogP contribution in [-0.2, 0) is 9.47 Å². The van der Waals surface area contributed by atoms with E-state index in [9.17, 15) is 0 Å². The molecule has 4 heteroatoms. The molecule has 0 aromatic carbocycles. The van der Waals surface area contributed by atoms with Crippen molar-refractivity contribution in [3.63, 3.8) is 0 Å². The Morgan fingerprint density at radius 2 is 1.57 bits per heavy atom. The van der Waals surface area contributed by atoms with Crippen LogP contribution in [-0.4, -0.2) is 63.0 Å². The number of rotatable bonds is 7. The van der Waals surface area contributed by atoms with Crippen LogP contribution in [0.5, 0.6) is 0 Å². The van der Waals surface area contributed by atoms with Crippen LogP contribution in [0.2, 0.25) is 0 Å². The average molecular weight is 294 g/mol. The largest absolute Gasteiger partial charge is 0.381 e. The lowest BCUT2D eigenvalue weighted by Crippen LogP contribution is -2.53. The summed E-state index contributed by atoms with van der Waals surface area (Å²) in [4.78, 5) is 2.66. The highest BCUT2D eigenvalue weighted by Crippen LogP contribution is 2.44. The standard InChI is InChI=1S/C17H30N2O2/c1-2-13(1)17(14-3-4-14)18-11-16(15-5-8-21-12-15)19-6-9-20-10-7-19/h13-18H,1-12H2/t15-,16+/m0/s1. The molecule has 4 aliphatic rings. The topological polar surface area (TPSA) is 33.7 Å². The molecule has 0 unspecified atom stereocenters. The first-order valence-electron chi connectivity index (χ1n) is 9.05. The van der Waals surface area contributed by atoms with Gasteiger partial charge in [0.2, 0.25) is 0 Å². The highest BCUT2D eigenvalue weighted by molar-refractivity contribution is 4.97. The molecule has 0 radical (unpaired) electrons. The predicted molar refractivity (Wildman–Crippen MR) is 82.3 cm³/mol. The van der Waals surface area contributed by atoms with Gasteiger partial charge in [-0.15, -0.1) is 0 Å². The zero-order chi connectivity index (χ0) is 14.1. The van der Waals surface area contributed by atoms with Crippen molar-refractivity contribution in [3.8, 4) is 0 Å². The molecule has 0 aromatic rings. The SMILES string of the molecule is C1CN([C@H](CNC(C2CC2)C2CC2)[C@H]2CCOC2)CCO1. The van der Waals surface area contributed by atoms with Gasteiger partial charge in [0.05, 0.1) is 19.8 Å². The van der Waals surface area contributed by atoms with E-state index < -0.39 is 0 Å². The third-order valence-corrected chi connectivity index (χ3v) is 5.85. The second-order valence-corrected chi connectivity index (χ2v) is 7.45. The number of hydrogen-bond acceptors (Lipinski definition) is 4. The maximum Gasteiger partial charge on any atom is 0.0594 e. The van der Waals surface area contributed by atoms with E-state index in [1.807, 2.05) is 0 Å². The van der Waals surface area contributed by atoms with Crippen molar-refractivity contribution in [2.24, 2.45) is 17.8 Å². The van der Waals surface area contributed by atoms with Gasteiger partial charge in [-0.25, -0.2) is 0 Å². The zero-order valence-electron chi connectivity index (χ0n) is 13.1. The van der Waals surface area contributed by atoms with Crippen LogP contribution in [0.4, 0.5) is 0 Å². The third kappa shape index (κ3) is 3.61. The van der Waals surface area contributed by atoms with Gasteiger partial charge >= 0.3 is 0 Å². The molecule has 4 rings (SSSR count). The van der Waals surface area contributed by atoms with Crippen LogP contribution >= 0.6 is 0 Å². The maximum absolute atomic E-state index is 5.67. The quantitative estimate of drug-likeness (QED) is 0.771. The fourth-order valence-electron chi connectivity index (χ4n) is 4.24. The van der Waals surface area contributed by atoms with Crippen molar-refractivity contribution in [2.45, 2.75) is 44.2 Å². The normalized spacial score (nSPS) is 32.7. The summed E-state index contributed by atoms with van der Waals surface area (Å²) in [6.45, 7) is 7.07. The van der Waals surface area contributed by atoms with Gasteiger partial charge in [-0.1, -0.05) is 0 Å². The highest BCUT2D eigenvalue weighted by Gasteiger charge is 2.42. The number of nitrogens with one attached hydrogen (secondary N) is 1. The monoisotopic (exact) mass is 294 g/mol.